The molecule has 0 spiro atoms. The Labute approximate surface area is 93.3 Å². The fraction of sp³-hybridized carbons (Fsp3) is 0.333. The molecule has 0 aromatic carbocycles. The van der Waals surface area contributed by atoms with Gasteiger partial charge in [0.25, 0.3) is 5.91 Å². The number of amides is 1. The highest BCUT2D eigenvalue weighted by Crippen LogP contribution is 2.19. The zero-order chi connectivity index (χ0) is 11.1. The highest BCUT2D eigenvalue weighted by molar-refractivity contribution is 5.93. The zero-order valence-electron chi connectivity index (χ0n) is 9.10. The first kappa shape index (κ1) is 9.39. The molecule has 0 radical (unpaired) electrons. The van der Waals surface area contributed by atoms with Crippen LogP contribution in [0.2, 0.25) is 0 Å². The van der Waals surface area contributed by atoms with Crippen molar-refractivity contribution in [3.63, 3.8) is 0 Å². The minimum atomic E-state index is -0.0272. The maximum Gasteiger partial charge on any atom is 0.270 e. The van der Waals surface area contributed by atoms with Gasteiger partial charge in [-0.2, -0.15) is 0 Å². The van der Waals surface area contributed by atoms with Crippen molar-refractivity contribution >= 4 is 11.6 Å². The predicted octanol–water partition coefficient (Wildman–Crippen LogP) is 1.53. The third kappa shape index (κ3) is 1.56. The number of carbonyl (C=O) groups is 1. The van der Waals surface area contributed by atoms with Crippen LogP contribution in [0, 0.1) is 6.92 Å². The molecule has 1 amide bonds. The van der Waals surface area contributed by atoms with E-state index in [-0.39, 0.29) is 5.91 Å². The summed E-state index contributed by atoms with van der Waals surface area (Å²) in [5.74, 6) is -0.0272. The van der Waals surface area contributed by atoms with E-state index in [1.165, 1.54) is 0 Å². The summed E-state index contributed by atoms with van der Waals surface area (Å²) < 4.78 is 1.84. The summed E-state index contributed by atoms with van der Waals surface area (Å²) in [7, 11) is 0. The van der Waals surface area contributed by atoms with Gasteiger partial charge in [-0.15, -0.1) is 0 Å². The van der Waals surface area contributed by atoms with Crippen LogP contribution in [-0.4, -0.2) is 21.3 Å². The number of imidazole rings is 1. The molecule has 1 N–H and O–H groups in total. The molecule has 2 heterocycles. The van der Waals surface area contributed by atoms with Crippen molar-refractivity contribution in [1.29, 1.82) is 0 Å². The smallest absolute Gasteiger partial charge is 0.270 e. The third-order valence-corrected chi connectivity index (χ3v) is 2.80. The van der Waals surface area contributed by atoms with Crippen molar-refractivity contribution < 1.29 is 4.79 Å². The van der Waals surface area contributed by atoms with E-state index < -0.39 is 0 Å². The molecule has 3 rings (SSSR count). The number of hydrogen-bond acceptors (Lipinski definition) is 2. The largest absolute Gasteiger partial charge is 0.348 e. The van der Waals surface area contributed by atoms with Crippen molar-refractivity contribution in [2.24, 2.45) is 0 Å². The van der Waals surface area contributed by atoms with Crippen LogP contribution in [0.25, 0.3) is 5.65 Å². The lowest BCUT2D eigenvalue weighted by Crippen LogP contribution is -2.26. The van der Waals surface area contributed by atoms with Crippen LogP contribution < -0.4 is 5.32 Å². The molecular formula is C12H13N3O. The van der Waals surface area contributed by atoms with Gasteiger partial charge in [-0.3, -0.25) is 9.20 Å². The average Bonchev–Trinajstić information content (AvgIpc) is 2.96. The fourth-order valence-electron chi connectivity index (χ4n) is 1.74. The van der Waals surface area contributed by atoms with Gasteiger partial charge in [-0.1, -0.05) is 6.07 Å². The molecule has 0 bridgehead atoms. The van der Waals surface area contributed by atoms with E-state index in [0.29, 0.717) is 11.7 Å². The maximum atomic E-state index is 11.9. The zero-order valence-corrected chi connectivity index (χ0v) is 9.10. The predicted molar refractivity (Wildman–Crippen MR) is 60.4 cm³/mol. The van der Waals surface area contributed by atoms with Crippen LogP contribution in [0.1, 0.15) is 28.9 Å². The van der Waals surface area contributed by atoms with Crippen molar-refractivity contribution in [2.75, 3.05) is 0 Å². The van der Waals surface area contributed by atoms with Gasteiger partial charge in [0.05, 0.1) is 6.20 Å². The van der Waals surface area contributed by atoms with E-state index in [4.69, 9.17) is 0 Å². The molecule has 2 aromatic rings. The van der Waals surface area contributed by atoms with Crippen LogP contribution in [0.3, 0.4) is 0 Å². The Kier molecular flexibility index (Phi) is 1.96. The number of carbonyl (C=O) groups excluding carboxylic acids is 1. The van der Waals surface area contributed by atoms with Crippen LogP contribution >= 0.6 is 0 Å². The van der Waals surface area contributed by atoms with Crippen LogP contribution in [0.4, 0.5) is 0 Å². The van der Waals surface area contributed by atoms with Gasteiger partial charge < -0.3 is 5.32 Å². The van der Waals surface area contributed by atoms with E-state index in [2.05, 4.69) is 10.3 Å². The molecular weight excluding hydrogens is 202 g/mol. The molecule has 1 saturated carbocycles. The first-order chi connectivity index (χ1) is 7.74. The van der Waals surface area contributed by atoms with E-state index in [1.807, 2.05) is 29.7 Å². The minimum Gasteiger partial charge on any atom is -0.348 e. The number of aromatic nitrogens is 2. The van der Waals surface area contributed by atoms with Crippen LogP contribution in [-0.2, 0) is 0 Å². The average molecular weight is 215 g/mol. The second-order valence-electron chi connectivity index (χ2n) is 4.33. The summed E-state index contributed by atoms with van der Waals surface area (Å²) in [5, 5.41) is 2.97. The number of nitrogens with zero attached hydrogens (tertiary/aromatic N) is 2. The lowest BCUT2D eigenvalue weighted by molar-refractivity contribution is 0.0945. The van der Waals surface area contributed by atoms with Gasteiger partial charge in [0.15, 0.2) is 0 Å². The topological polar surface area (TPSA) is 46.4 Å². The number of nitrogens with one attached hydrogen (secondary N) is 1. The minimum absolute atomic E-state index is 0.0272. The molecule has 2 aromatic heterocycles. The molecule has 0 unspecified atom stereocenters. The van der Waals surface area contributed by atoms with Gasteiger partial charge in [-0.05, 0) is 31.4 Å². The Morgan fingerprint density at radius 2 is 2.31 bits per heavy atom. The molecule has 1 fully saturated rings. The SMILES string of the molecule is Cc1ccc2ncc(C(=O)NC3CC3)n2c1. The van der Waals surface area contributed by atoms with Crippen molar-refractivity contribution in [3.05, 3.63) is 35.8 Å². The Hall–Kier alpha value is -1.84. The summed E-state index contributed by atoms with van der Waals surface area (Å²) in [6.07, 6.45) is 5.76. The van der Waals surface area contributed by atoms with Gasteiger partial charge >= 0.3 is 0 Å². The molecule has 82 valence electrons. The van der Waals surface area contributed by atoms with Crippen molar-refractivity contribution in [3.8, 4) is 0 Å². The normalized spacial score (nSPS) is 15.3. The Morgan fingerprint density at radius 1 is 1.50 bits per heavy atom. The van der Waals surface area contributed by atoms with Gasteiger partial charge in [-0.25, -0.2) is 4.98 Å². The molecule has 1 aliphatic rings. The lowest BCUT2D eigenvalue weighted by Gasteiger charge is -2.03. The summed E-state index contributed by atoms with van der Waals surface area (Å²) in [5.41, 5.74) is 2.54. The summed E-state index contributed by atoms with van der Waals surface area (Å²) >= 11 is 0. The van der Waals surface area contributed by atoms with Gasteiger partial charge in [0.2, 0.25) is 0 Å². The fourth-order valence-corrected chi connectivity index (χ4v) is 1.74. The highest BCUT2D eigenvalue weighted by atomic mass is 16.2. The van der Waals surface area contributed by atoms with E-state index in [9.17, 15) is 4.79 Å². The molecule has 0 aliphatic heterocycles. The molecule has 4 heteroatoms. The quantitative estimate of drug-likeness (QED) is 0.825. The van der Waals surface area contributed by atoms with Crippen LogP contribution in [0.5, 0.6) is 0 Å². The molecule has 16 heavy (non-hydrogen) atoms. The van der Waals surface area contributed by atoms with E-state index in [0.717, 1.165) is 24.1 Å². The summed E-state index contributed by atoms with van der Waals surface area (Å²) in [6, 6.07) is 4.29. The highest BCUT2D eigenvalue weighted by Gasteiger charge is 2.25. The lowest BCUT2D eigenvalue weighted by atomic mass is 10.3. The standard InChI is InChI=1S/C12H13N3O/c1-8-2-5-11-13-6-10(15(11)7-8)12(16)14-9-3-4-9/h2,5-7,9H,3-4H2,1H3,(H,14,16). The van der Waals surface area contributed by atoms with E-state index in [1.54, 1.807) is 6.20 Å². The van der Waals surface area contributed by atoms with Crippen molar-refractivity contribution in [2.45, 2.75) is 25.8 Å². The number of aryl methyl sites for hydroxylation is 1. The molecule has 0 saturated heterocycles. The Bertz CT molecular complexity index is 554. The van der Waals surface area contributed by atoms with Gasteiger partial charge in [0, 0.05) is 12.2 Å². The first-order valence-electron chi connectivity index (χ1n) is 5.48. The van der Waals surface area contributed by atoms with Crippen LogP contribution in [0.15, 0.2) is 24.5 Å². The molecule has 1 aliphatic carbocycles. The Morgan fingerprint density at radius 3 is 3.06 bits per heavy atom. The third-order valence-electron chi connectivity index (χ3n) is 2.80. The second-order valence-corrected chi connectivity index (χ2v) is 4.33. The number of fused-ring (bicyclic) bond motifs is 1. The number of pyridine rings is 1. The maximum absolute atomic E-state index is 11.9. The van der Waals surface area contributed by atoms with Crippen molar-refractivity contribution in [1.82, 2.24) is 14.7 Å². The monoisotopic (exact) mass is 215 g/mol. The van der Waals surface area contributed by atoms with Gasteiger partial charge in [0.1, 0.15) is 11.3 Å². The number of hydrogen-bond donors (Lipinski definition) is 1. The second kappa shape index (κ2) is 3.33. The first-order valence-corrected chi connectivity index (χ1v) is 5.48. The molecule has 0 atom stereocenters. The molecule has 4 nitrogen and oxygen atoms in total. The summed E-state index contributed by atoms with van der Waals surface area (Å²) in [6.45, 7) is 2.00. The summed E-state index contributed by atoms with van der Waals surface area (Å²) in [4.78, 5) is 16.1. The Balaban J connectivity index is 2.01. The number of rotatable bonds is 2. The van der Waals surface area contributed by atoms with E-state index >= 15 is 0 Å².